The van der Waals surface area contributed by atoms with Gasteiger partial charge >= 0.3 is 0 Å². The molecule has 0 spiro atoms. The van der Waals surface area contributed by atoms with E-state index in [9.17, 15) is 9.59 Å². The molecule has 0 bridgehead atoms. The standard InChI is InChI=1S/C12H18O2/c13-11(7-9-1-2-9)5-6-12(14)8-10-3-4-10/h9-10H,1-8H2. The van der Waals surface area contributed by atoms with Crippen LogP contribution in [0.15, 0.2) is 0 Å². The molecular weight excluding hydrogens is 176 g/mol. The molecule has 2 aliphatic rings. The fraction of sp³-hybridized carbons (Fsp3) is 0.833. The van der Waals surface area contributed by atoms with E-state index in [0.717, 1.165) is 12.8 Å². The van der Waals surface area contributed by atoms with E-state index in [1.807, 2.05) is 0 Å². The number of carbonyl (C=O) groups excluding carboxylic acids is 2. The van der Waals surface area contributed by atoms with E-state index in [1.54, 1.807) is 0 Å². The summed E-state index contributed by atoms with van der Waals surface area (Å²) in [5.74, 6) is 1.94. The Morgan fingerprint density at radius 3 is 1.43 bits per heavy atom. The number of hydrogen-bond acceptors (Lipinski definition) is 2. The van der Waals surface area contributed by atoms with Crippen LogP contribution in [0.25, 0.3) is 0 Å². The van der Waals surface area contributed by atoms with Gasteiger partial charge in [0, 0.05) is 25.7 Å². The van der Waals surface area contributed by atoms with Gasteiger partial charge in [0.05, 0.1) is 0 Å². The molecular formula is C12H18O2. The van der Waals surface area contributed by atoms with Crippen LogP contribution in [0.3, 0.4) is 0 Å². The number of ketones is 2. The Balaban J connectivity index is 1.55. The monoisotopic (exact) mass is 194 g/mol. The van der Waals surface area contributed by atoms with Gasteiger partial charge in [0.15, 0.2) is 0 Å². The first-order chi connectivity index (χ1) is 6.74. The van der Waals surface area contributed by atoms with Crippen molar-refractivity contribution in [2.24, 2.45) is 11.8 Å². The van der Waals surface area contributed by atoms with Crippen LogP contribution in [-0.2, 0) is 9.59 Å². The smallest absolute Gasteiger partial charge is 0.133 e. The molecule has 0 heterocycles. The fourth-order valence-electron chi connectivity index (χ4n) is 1.77. The largest absolute Gasteiger partial charge is 0.300 e. The van der Waals surface area contributed by atoms with Gasteiger partial charge in [-0.25, -0.2) is 0 Å². The molecule has 2 heteroatoms. The van der Waals surface area contributed by atoms with Crippen molar-refractivity contribution in [1.29, 1.82) is 0 Å². The van der Waals surface area contributed by atoms with Crippen LogP contribution in [0.1, 0.15) is 51.4 Å². The SMILES string of the molecule is O=C(CCC(=O)CC1CC1)CC1CC1. The molecule has 0 unspecified atom stereocenters. The normalized spacial score (nSPS) is 20.9. The molecule has 0 aromatic heterocycles. The summed E-state index contributed by atoms with van der Waals surface area (Å²) < 4.78 is 0. The first-order valence-corrected chi connectivity index (χ1v) is 5.77. The molecule has 0 aromatic rings. The predicted octanol–water partition coefficient (Wildman–Crippen LogP) is 2.51. The number of Topliss-reactive ketones (excluding diaryl/α,β-unsaturated/α-hetero) is 2. The first kappa shape index (κ1) is 9.88. The van der Waals surface area contributed by atoms with E-state index in [4.69, 9.17) is 0 Å². The maximum Gasteiger partial charge on any atom is 0.133 e. The van der Waals surface area contributed by atoms with E-state index >= 15 is 0 Å². The molecule has 2 nitrogen and oxygen atoms in total. The van der Waals surface area contributed by atoms with Crippen LogP contribution in [0, 0.1) is 11.8 Å². The zero-order chi connectivity index (χ0) is 9.97. The highest BCUT2D eigenvalue weighted by molar-refractivity contribution is 5.86. The third-order valence-electron chi connectivity index (χ3n) is 3.11. The van der Waals surface area contributed by atoms with Crippen molar-refractivity contribution in [3.8, 4) is 0 Å². The van der Waals surface area contributed by atoms with Gasteiger partial charge in [-0.2, -0.15) is 0 Å². The molecule has 0 radical (unpaired) electrons. The summed E-state index contributed by atoms with van der Waals surface area (Å²) in [6, 6.07) is 0. The van der Waals surface area contributed by atoms with Crippen molar-refractivity contribution in [3.05, 3.63) is 0 Å². The summed E-state index contributed by atoms with van der Waals surface area (Å²) in [6.07, 6.45) is 7.37. The van der Waals surface area contributed by atoms with E-state index in [2.05, 4.69) is 0 Å². The van der Waals surface area contributed by atoms with Crippen LogP contribution < -0.4 is 0 Å². The summed E-state index contributed by atoms with van der Waals surface area (Å²) >= 11 is 0. The summed E-state index contributed by atoms with van der Waals surface area (Å²) in [7, 11) is 0. The molecule has 0 N–H and O–H groups in total. The van der Waals surface area contributed by atoms with E-state index in [0.29, 0.717) is 36.2 Å². The zero-order valence-corrected chi connectivity index (χ0v) is 8.63. The topological polar surface area (TPSA) is 34.1 Å². The van der Waals surface area contributed by atoms with E-state index in [1.165, 1.54) is 25.7 Å². The van der Waals surface area contributed by atoms with Gasteiger partial charge in [0.1, 0.15) is 11.6 Å². The molecule has 0 aromatic carbocycles. The predicted molar refractivity (Wildman–Crippen MR) is 53.9 cm³/mol. The van der Waals surface area contributed by atoms with Crippen LogP contribution in [0.5, 0.6) is 0 Å². The molecule has 2 fully saturated rings. The van der Waals surface area contributed by atoms with E-state index in [-0.39, 0.29) is 0 Å². The maximum atomic E-state index is 11.3. The third-order valence-corrected chi connectivity index (χ3v) is 3.11. The van der Waals surface area contributed by atoms with Gasteiger partial charge in [-0.15, -0.1) is 0 Å². The Bertz CT molecular complexity index is 211. The first-order valence-electron chi connectivity index (χ1n) is 5.77. The van der Waals surface area contributed by atoms with Crippen molar-refractivity contribution in [2.75, 3.05) is 0 Å². The van der Waals surface area contributed by atoms with Crippen molar-refractivity contribution in [1.82, 2.24) is 0 Å². The van der Waals surface area contributed by atoms with Crippen LogP contribution in [0.2, 0.25) is 0 Å². The van der Waals surface area contributed by atoms with Crippen LogP contribution in [-0.4, -0.2) is 11.6 Å². The number of hydrogen-bond donors (Lipinski definition) is 0. The summed E-state index contributed by atoms with van der Waals surface area (Å²) in [4.78, 5) is 22.7. The summed E-state index contributed by atoms with van der Waals surface area (Å²) in [6.45, 7) is 0. The number of rotatable bonds is 7. The maximum absolute atomic E-state index is 11.3. The van der Waals surface area contributed by atoms with Gasteiger partial charge < -0.3 is 0 Å². The van der Waals surface area contributed by atoms with Gasteiger partial charge in [-0.1, -0.05) is 0 Å². The molecule has 14 heavy (non-hydrogen) atoms. The second-order valence-corrected chi connectivity index (χ2v) is 4.87. The Labute approximate surface area is 85.1 Å². The van der Waals surface area contributed by atoms with Crippen LogP contribution in [0.4, 0.5) is 0 Å². The fourth-order valence-corrected chi connectivity index (χ4v) is 1.77. The second kappa shape index (κ2) is 4.24. The minimum Gasteiger partial charge on any atom is -0.300 e. The van der Waals surface area contributed by atoms with Crippen molar-refractivity contribution in [2.45, 2.75) is 51.4 Å². The Morgan fingerprint density at radius 1 is 0.786 bits per heavy atom. The lowest BCUT2D eigenvalue weighted by Crippen LogP contribution is -2.05. The lowest BCUT2D eigenvalue weighted by atomic mass is 10.0. The molecule has 78 valence electrons. The molecule has 2 aliphatic carbocycles. The molecule has 0 saturated heterocycles. The lowest BCUT2D eigenvalue weighted by molar-refractivity contribution is -0.124. The Kier molecular flexibility index (Phi) is 2.99. The van der Waals surface area contributed by atoms with Gasteiger partial charge in [0.25, 0.3) is 0 Å². The Hall–Kier alpha value is -0.660. The highest BCUT2D eigenvalue weighted by atomic mass is 16.1. The van der Waals surface area contributed by atoms with Gasteiger partial charge in [0.2, 0.25) is 0 Å². The highest BCUT2D eigenvalue weighted by Gasteiger charge is 2.26. The summed E-state index contributed by atoms with van der Waals surface area (Å²) in [5, 5.41) is 0. The Morgan fingerprint density at radius 2 is 1.14 bits per heavy atom. The highest BCUT2D eigenvalue weighted by Crippen LogP contribution is 2.34. The van der Waals surface area contributed by atoms with Crippen molar-refractivity contribution >= 4 is 11.6 Å². The molecule has 0 aliphatic heterocycles. The number of carbonyl (C=O) groups is 2. The van der Waals surface area contributed by atoms with E-state index < -0.39 is 0 Å². The quantitative estimate of drug-likeness (QED) is 0.624. The third kappa shape index (κ3) is 3.60. The van der Waals surface area contributed by atoms with Gasteiger partial charge in [-0.05, 0) is 37.5 Å². The van der Waals surface area contributed by atoms with Crippen molar-refractivity contribution < 1.29 is 9.59 Å². The zero-order valence-electron chi connectivity index (χ0n) is 8.63. The summed E-state index contributed by atoms with van der Waals surface area (Å²) in [5.41, 5.74) is 0. The molecule has 2 rings (SSSR count). The van der Waals surface area contributed by atoms with Crippen LogP contribution >= 0.6 is 0 Å². The average molecular weight is 194 g/mol. The molecule has 2 saturated carbocycles. The van der Waals surface area contributed by atoms with Gasteiger partial charge in [-0.3, -0.25) is 9.59 Å². The van der Waals surface area contributed by atoms with Crippen molar-refractivity contribution in [3.63, 3.8) is 0 Å². The second-order valence-electron chi connectivity index (χ2n) is 4.87. The minimum atomic E-state index is 0.302. The minimum absolute atomic E-state index is 0.302. The lowest BCUT2D eigenvalue weighted by Gasteiger charge is -1.99. The molecule has 0 atom stereocenters. The molecule has 0 amide bonds. The average Bonchev–Trinajstić information content (AvgIpc) is 2.96.